The van der Waals surface area contributed by atoms with Gasteiger partial charge in [0.25, 0.3) is 0 Å². The molecule has 0 aliphatic heterocycles. The number of hydrogen-bond acceptors (Lipinski definition) is 4. The smallest absolute Gasteiger partial charge is 0.347 e. The van der Waals surface area contributed by atoms with Crippen LogP contribution in [-0.2, 0) is 6.54 Å². The lowest BCUT2D eigenvalue weighted by Gasteiger charge is -2.33. The number of amides is 4. The van der Waals surface area contributed by atoms with Crippen LogP contribution in [0.3, 0.4) is 0 Å². The van der Waals surface area contributed by atoms with Gasteiger partial charge in [-0.2, -0.15) is 0 Å². The molecule has 0 bridgehead atoms. The van der Waals surface area contributed by atoms with Crippen LogP contribution in [0.2, 0.25) is 0 Å². The second kappa shape index (κ2) is 12.6. The molecule has 4 amide bonds. The third-order valence-corrected chi connectivity index (χ3v) is 5.86. The molecular formula is C28H32N6O2S. The zero-order valence-corrected chi connectivity index (χ0v) is 22.6. The maximum Gasteiger partial charge on any atom is 0.348 e. The van der Waals surface area contributed by atoms with Gasteiger partial charge in [-0.15, -0.1) is 10.1 Å². The first-order valence-corrected chi connectivity index (χ1v) is 12.1. The van der Waals surface area contributed by atoms with Gasteiger partial charge < -0.3 is 14.7 Å². The molecule has 0 saturated heterocycles. The summed E-state index contributed by atoms with van der Waals surface area (Å²) >= 11 is 6.00. The number of benzene rings is 3. The number of imide groups is 1. The summed E-state index contributed by atoms with van der Waals surface area (Å²) in [7, 11) is 8.19. The molecule has 0 unspecified atom stereocenters. The zero-order valence-electron chi connectivity index (χ0n) is 21.8. The van der Waals surface area contributed by atoms with Crippen molar-refractivity contribution in [3.8, 4) is 0 Å². The fourth-order valence-corrected chi connectivity index (χ4v) is 3.71. The van der Waals surface area contributed by atoms with Crippen LogP contribution >= 0.6 is 12.2 Å². The Morgan fingerprint density at radius 1 is 0.703 bits per heavy atom. The van der Waals surface area contributed by atoms with E-state index in [0.29, 0.717) is 23.1 Å². The lowest BCUT2D eigenvalue weighted by atomic mass is 10.1. The lowest BCUT2D eigenvalue weighted by molar-refractivity contribution is 0.155. The van der Waals surface area contributed by atoms with Crippen molar-refractivity contribution >= 4 is 40.9 Å². The van der Waals surface area contributed by atoms with Gasteiger partial charge in [0.15, 0.2) is 10.9 Å². The maximum absolute atomic E-state index is 13.1. The number of rotatable bonds is 5. The molecule has 9 heteroatoms. The van der Waals surface area contributed by atoms with Gasteiger partial charge in [-0.05, 0) is 29.9 Å². The Kier molecular flexibility index (Phi) is 9.34. The van der Waals surface area contributed by atoms with Crippen molar-refractivity contribution in [1.82, 2.24) is 19.7 Å². The van der Waals surface area contributed by atoms with Crippen LogP contribution in [0.4, 0.5) is 15.3 Å². The molecule has 37 heavy (non-hydrogen) atoms. The molecule has 3 rings (SSSR count). The number of thiocarbonyl (C=S) groups is 1. The van der Waals surface area contributed by atoms with E-state index in [1.165, 1.54) is 9.80 Å². The monoisotopic (exact) mass is 516 g/mol. The van der Waals surface area contributed by atoms with E-state index in [-0.39, 0.29) is 0 Å². The van der Waals surface area contributed by atoms with Gasteiger partial charge in [0.1, 0.15) is 0 Å². The van der Waals surface area contributed by atoms with Gasteiger partial charge in [-0.1, -0.05) is 78.9 Å². The highest BCUT2D eigenvalue weighted by Gasteiger charge is 2.29. The summed E-state index contributed by atoms with van der Waals surface area (Å²) in [4.78, 5) is 32.5. The quantitative estimate of drug-likeness (QED) is 0.208. The third kappa shape index (κ3) is 6.92. The van der Waals surface area contributed by atoms with E-state index in [1.54, 1.807) is 33.1 Å². The largest absolute Gasteiger partial charge is 0.348 e. The van der Waals surface area contributed by atoms with Crippen LogP contribution in [0.1, 0.15) is 11.1 Å². The normalized spacial score (nSPS) is 10.9. The van der Waals surface area contributed by atoms with E-state index in [0.717, 1.165) is 16.3 Å². The first-order valence-electron chi connectivity index (χ1n) is 11.7. The average molecular weight is 517 g/mol. The Balaban J connectivity index is 2.20. The van der Waals surface area contributed by atoms with Crippen molar-refractivity contribution in [2.24, 2.45) is 5.10 Å². The fraction of sp³-hybridized carbons (Fsp3) is 0.214. The van der Waals surface area contributed by atoms with E-state index in [2.05, 4.69) is 5.10 Å². The van der Waals surface area contributed by atoms with Gasteiger partial charge in [0.05, 0.1) is 0 Å². The Hall–Kier alpha value is -4.24. The fourth-order valence-electron chi connectivity index (χ4n) is 3.46. The van der Waals surface area contributed by atoms with Crippen LogP contribution in [-0.4, -0.2) is 78.0 Å². The van der Waals surface area contributed by atoms with E-state index in [4.69, 9.17) is 12.2 Å². The minimum Gasteiger partial charge on any atom is -0.347 e. The summed E-state index contributed by atoms with van der Waals surface area (Å²) in [6.07, 6.45) is 0. The molecule has 0 N–H and O–H groups in total. The molecule has 0 aromatic heterocycles. The molecule has 8 nitrogen and oxygen atoms in total. The minimum atomic E-state index is -0.580. The van der Waals surface area contributed by atoms with Crippen LogP contribution in [0, 0.1) is 0 Å². The number of amidine groups is 1. The van der Waals surface area contributed by atoms with Crippen molar-refractivity contribution in [3.63, 3.8) is 0 Å². The maximum atomic E-state index is 13.1. The van der Waals surface area contributed by atoms with Gasteiger partial charge in [0, 0.05) is 53.0 Å². The second-order valence-corrected chi connectivity index (χ2v) is 9.12. The molecule has 3 aromatic rings. The van der Waals surface area contributed by atoms with Crippen LogP contribution in [0.5, 0.6) is 0 Å². The number of anilines is 1. The highest BCUT2D eigenvalue weighted by molar-refractivity contribution is 7.80. The Bertz CT molecular complexity index is 1210. The molecule has 0 radical (unpaired) electrons. The summed E-state index contributed by atoms with van der Waals surface area (Å²) in [6, 6.07) is 27.7. The van der Waals surface area contributed by atoms with Crippen molar-refractivity contribution in [1.29, 1.82) is 0 Å². The number of nitrogens with zero attached hydrogens (tertiary/aromatic N) is 6. The van der Waals surface area contributed by atoms with Gasteiger partial charge in [-0.25, -0.2) is 9.59 Å². The first kappa shape index (κ1) is 27.3. The highest BCUT2D eigenvalue weighted by Crippen LogP contribution is 2.22. The second-order valence-electron chi connectivity index (χ2n) is 8.75. The number of carbonyl (C=O) groups is 2. The minimum absolute atomic E-state index is 0.335. The molecule has 0 spiro atoms. The van der Waals surface area contributed by atoms with Crippen LogP contribution in [0.15, 0.2) is 96.1 Å². The van der Waals surface area contributed by atoms with Crippen LogP contribution < -0.4 is 4.90 Å². The SMILES string of the molecule is CN(C)C(=O)N(/N=C(\c1ccccc1)N(C(=S)N(C)Cc1ccccc1)c1ccccc1)C(=O)N(C)C. The van der Waals surface area contributed by atoms with E-state index < -0.39 is 12.1 Å². The van der Waals surface area contributed by atoms with Crippen LogP contribution in [0.25, 0.3) is 0 Å². The summed E-state index contributed by atoms with van der Waals surface area (Å²) in [5, 5.41) is 5.97. The van der Waals surface area contributed by atoms with Gasteiger partial charge >= 0.3 is 12.1 Å². The number of para-hydroxylation sites is 1. The van der Waals surface area contributed by atoms with Crippen molar-refractivity contribution in [2.45, 2.75) is 6.54 Å². The first-order chi connectivity index (χ1) is 17.7. The lowest BCUT2D eigenvalue weighted by Crippen LogP contribution is -2.49. The summed E-state index contributed by atoms with van der Waals surface area (Å²) in [5.41, 5.74) is 2.51. The Morgan fingerprint density at radius 3 is 1.65 bits per heavy atom. The predicted octanol–water partition coefficient (Wildman–Crippen LogP) is 4.94. The molecule has 3 aromatic carbocycles. The number of urea groups is 2. The van der Waals surface area contributed by atoms with Crippen molar-refractivity contribution in [3.05, 3.63) is 102 Å². The Morgan fingerprint density at radius 2 is 1.16 bits per heavy atom. The van der Waals surface area contributed by atoms with E-state index in [1.807, 2.05) is 103 Å². The summed E-state index contributed by atoms with van der Waals surface area (Å²) in [6.45, 7) is 0.558. The predicted molar refractivity (Wildman–Crippen MR) is 152 cm³/mol. The standard InChI is InChI=1S/C28H32N6O2S/c1-30(2)26(35)34(27(36)31(3)4)29-25(23-17-11-7-12-18-23)33(24-19-13-8-14-20-24)28(37)32(5)21-22-15-9-6-10-16-22/h6-20H,21H2,1-5H3/b29-25+. The molecule has 0 saturated carbocycles. The van der Waals surface area contributed by atoms with Gasteiger partial charge in [0.2, 0.25) is 0 Å². The molecule has 0 fully saturated rings. The zero-order chi connectivity index (χ0) is 26.9. The summed E-state index contributed by atoms with van der Waals surface area (Å²) < 4.78 is 0. The Labute approximate surface area is 224 Å². The average Bonchev–Trinajstić information content (AvgIpc) is 2.91. The topological polar surface area (TPSA) is 62.7 Å². The number of carbonyl (C=O) groups excluding carboxylic acids is 2. The molecule has 0 heterocycles. The van der Waals surface area contributed by atoms with Crippen molar-refractivity contribution in [2.75, 3.05) is 40.1 Å². The van der Waals surface area contributed by atoms with Crippen molar-refractivity contribution < 1.29 is 9.59 Å². The van der Waals surface area contributed by atoms with E-state index >= 15 is 0 Å². The summed E-state index contributed by atoms with van der Waals surface area (Å²) in [5.74, 6) is 0.335. The number of hydrogen-bond donors (Lipinski definition) is 0. The molecule has 0 aliphatic rings. The molecular weight excluding hydrogens is 484 g/mol. The molecule has 0 atom stereocenters. The van der Waals surface area contributed by atoms with E-state index in [9.17, 15) is 9.59 Å². The highest BCUT2D eigenvalue weighted by atomic mass is 32.1. The molecule has 192 valence electrons. The molecule has 0 aliphatic carbocycles. The third-order valence-electron chi connectivity index (χ3n) is 5.36. The van der Waals surface area contributed by atoms with Gasteiger partial charge in [-0.3, -0.25) is 4.90 Å². The number of hydrazone groups is 1.